The Kier molecular flexibility index (Phi) is 5.72. The number of benzene rings is 2. The Hall–Kier alpha value is -1.91. The van der Waals surface area contributed by atoms with Gasteiger partial charge in [0.15, 0.2) is 0 Å². The predicted octanol–water partition coefficient (Wildman–Crippen LogP) is 4.86. The second kappa shape index (κ2) is 7.76. The molecule has 21 heavy (non-hydrogen) atoms. The molecule has 2 heteroatoms. The van der Waals surface area contributed by atoms with Crippen LogP contribution in [0, 0.1) is 25.7 Å². The third kappa shape index (κ3) is 4.28. The first-order chi connectivity index (χ1) is 10.2. The van der Waals surface area contributed by atoms with Gasteiger partial charge in [-0.2, -0.15) is 0 Å². The van der Waals surface area contributed by atoms with Gasteiger partial charge in [0.1, 0.15) is 12.4 Å². The van der Waals surface area contributed by atoms with E-state index in [0.717, 1.165) is 11.3 Å². The number of aryl methyl sites for hydroxylation is 2. The summed E-state index contributed by atoms with van der Waals surface area (Å²) in [7, 11) is 0. The number of para-hydroxylation sites is 1. The van der Waals surface area contributed by atoms with Crippen LogP contribution in [0.1, 0.15) is 28.7 Å². The third-order valence-electron chi connectivity index (χ3n) is 3.35. The first-order valence-corrected chi connectivity index (χ1v) is 7.57. The standard InChI is InChI=1S/C19H19ClO/c1-15-8-7-9-16(2)18(15)14-21-19-12-4-3-10-17(19)11-5-6-13-20/h3-4,7-10,12H,6,13-14H2,1-2H3. The Bertz CT molecular complexity index is 645. The van der Waals surface area contributed by atoms with Crippen LogP contribution in [0.5, 0.6) is 5.75 Å². The second-order valence-corrected chi connectivity index (χ2v) is 5.27. The van der Waals surface area contributed by atoms with E-state index in [4.69, 9.17) is 16.3 Å². The molecule has 0 aliphatic carbocycles. The first-order valence-electron chi connectivity index (χ1n) is 7.04. The molecule has 0 aromatic heterocycles. The largest absolute Gasteiger partial charge is 0.488 e. The molecule has 0 bridgehead atoms. The van der Waals surface area contributed by atoms with Crippen molar-refractivity contribution in [3.05, 3.63) is 64.7 Å². The molecular formula is C19H19ClO. The average molecular weight is 299 g/mol. The van der Waals surface area contributed by atoms with Crippen molar-refractivity contribution in [3.63, 3.8) is 0 Å². The lowest BCUT2D eigenvalue weighted by atomic mass is 10.0. The number of rotatable bonds is 4. The van der Waals surface area contributed by atoms with Gasteiger partial charge in [0.2, 0.25) is 0 Å². The molecule has 0 atom stereocenters. The molecule has 0 spiro atoms. The number of ether oxygens (including phenoxy) is 1. The van der Waals surface area contributed by atoms with Gasteiger partial charge in [0.25, 0.3) is 0 Å². The van der Waals surface area contributed by atoms with Gasteiger partial charge in [0, 0.05) is 12.3 Å². The van der Waals surface area contributed by atoms with Crippen LogP contribution < -0.4 is 4.74 Å². The lowest BCUT2D eigenvalue weighted by Gasteiger charge is -2.12. The summed E-state index contributed by atoms with van der Waals surface area (Å²) < 4.78 is 5.98. The van der Waals surface area contributed by atoms with Crippen LogP contribution in [0.2, 0.25) is 0 Å². The van der Waals surface area contributed by atoms with Crippen molar-refractivity contribution in [2.45, 2.75) is 26.9 Å². The van der Waals surface area contributed by atoms with Gasteiger partial charge in [-0.1, -0.05) is 42.2 Å². The molecule has 0 unspecified atom stereocenters. The van der Waals surface area contributed by atoms with Crippen LogP contribution in [0.25, 0.3) is 0 Å². The van der Waals surface area contributed by atoms with Crippen LogP contribution in [0.3, 0.4) is 0 Å². The van der Waals surface area contributed by atoms with Gasteiger partial charge in [-0.3, -0.25) is 0 Å². The average Bonchev–Trinajstić information content (AvgIpc) is 2.48. The monoisotopic (exact) mass is 298 g/mol. The van der Waals surface area contributed by atoms with Crippen molar-refractivity contribution in [3.8, 4) is 17.6 Å². The highest BCUT2D eigenvalue weighted by Gasteiger charge is 2.05. The topological polar surface area (TPSA) is 9.23 Å². The van der Waals surface area contributed by atoms with Crippen LogP contribution in [-0.2, 0) is 6.61 Å². The summed E-state index contributed by atoms with van der Waals surface area (Å²) >= 11 is 5.65. The molecule has 0 heterocycles. The van der Waals surface area contributed by atoms with E-state index >= 15 is 0 Å². The minimum absolute atomic E-state index is 0.554. The fraction of sp³-hybridized carbons (Fsp3) is 0.263. The molecule has 0 radical (unpaired) electrons. The Morgan fingerprint density at radius 2 is 1.71 bits per heavy atom. The quantitative estimate of drug-likeness (QED) is 0.578. The molecule has 2 aromatic rings. The van der Waals surface area contributed by atoms with Crippen molar-refractivity contribution >= 4 is 11.6 Å². The van der Waals surface area contributed by atoms with Gasteiger partial charge in [0.05, 0.1) is 5.56 Å². The van der Waals surface area contributed by atoms with Gasteiger partial charge in [-0.05, 0) is 42.7 Å². The molecule has 0 saturated heterocycles. The Balaban J connectivity index is 2.16. The third-order valence-corrected chi connectivity index (χ3v) is 3.54. The smallest absolute Gasteiger partial charge is 0.135 e. The summed E-state index contributed by atoms with van der Waals surface area (Å²) in [5, 5.41) is 0. The lowest BCUT2D eigenvalue weighted by Crippen LogP contribution is -2.01. The van der Waals surface area contributed by atoms with E-state index in [1.54, 1.807) is 0 Å². The molecular weight excluding hydrogens is 280 g/mol. The highest BCUT2D eigenvalue weighted by Crippen LogP contribution is 2.21. The zero-order valence-corrected chi connectivity index (χ0v) is 13.2. The Morgan fingerprint density at radius 1 is 1.00 bits per heavy atom. The predicted molar refractivity (Wildman–Crippen MR) is 88.9 cm³/mol. The van der Waals surface area contributed by atoms with Crippen LogP contribution >= 0.6 is 11.6 Å². The van der Waals surface area contributed by atoms with Gasteiger partial charge >= 0.3 is 0 Å². The minimum Gasteiger partial charge on any atom is -0.488 e. The molecule has 0 aliphatic heterocycles. The second-order valence-electron chi connectivity index (χ2n) is 4.90. The summed E-state index contributed by atoms with van der Waals surface area (Å²) in [5.74, 6) is 7.55. The molecule has 0 saturated carbocycles. The summed E-state index contributed by atoms with van der Waals surface area (Å²) in [6.07, 6.45) is 0.687. The molecule has 0 fully saturated rings. The number of alkyl halides is 1. The van der Waals surface area contributed by atoms with Gasteiger partial charge in [-0.15, -0.1) is 11.6 Å². The molecule has 1 nitrogen and oxygen atoms in total. The number of halogens is 1. The maximum Gasteiger partial charge on any atom is 0.135 e. The van der Waals surface area contributed by atoms with Crippen molar-refractivity contribution < 1.29 is 4.74 Å². The van der Waals surface area contributed by atoms with Crippen LogP contribution in [-0.4, -0.2) is 5.88 Å². The molecule has 0 aliphatic rings. The van der Waals surface area contributed by atoms with E-state index in [2.05, 4.69) is 43.9 Å². The van der Waals surface area contributed by atoms with Crippen LogP contribution in [0.4, 0.5) is 0 Å². The Labute approximate surface area is 131 Å². The number of hydrogen-bond donors (Lipinski definition) is 0. The van der Waals surface area contributed by atoms with E-state index < -0.39 is 0 Å². The fourth-order valence-electron chi connectivity index (χ4n) is 2.13. The summed E-state index contributed by atoms with van der Waals surface area (Å²) in [5.41, 5.74) is 4.65. The van der Waals surface area contributed by atoms with E-state index in [-0.39, 0.29) is 0 Å². The molecule has 0 N–H and O–H groups in total. The molecule has 0 amide bonds. The summed E-state index contributed by atoms with van der Waals surface area (Å²) in [6, 6.07) is 14.2. The molecule has 2 rings (SSSR count). The van der Waals surface area contributed by atoms with Crippen molar-refractivity contribution in [2.75, 3.05) is 5.88 Å². The SMILES string of the molecule is Cc1cccc(C)c1COc1ccccc1C#CCCCl. The maximum atomic E-state index is 5.98. The normalized spacial score (nSPS) is 9.86. The van der Waals surface area contributed by atoms with Gasteiger partial charge in [-0.25, -0.2) is 0 Å². The van der Waals surface area contributed by atoms with Crippen molar-refractivity contribution in [2.24, 2.45) is 0 Å². The first kappa shape index (κ1) is 15.5. The fourth-order valence-corrected chi connectivity index (χ4v) is 2.22. The van der Waals surface area contributed by atoms with Gasteiger partial charge < -0.3 is 4.74 Å². The van der Waals surface area contributed by atoms with E-state index in [9.17, 15) is 0 Å². The highest BCUT2D eigenvalue weighted by molar-refractivity contribution is 6.18. The number of hydrogen-bond acceptors (Lipinski definition) is 1. The lowest BCUT2D eigenvalue weighted by molar-refractivity contribution is 0.304. The maximum absolute atomic E-state index is 5.98. The highest BCUT2D eigenvalue weighted by atomic mass is 35.5. The Morgan fingerprint density at radius 3 is 2.43 bits per heavy atom. The zero-order valence-electron chi connectivity index (χ0n) is 12.4. The van der Waals surface area contributed by atoms with Crippen LogP contribution in [0.15, 0.2) is 42.5 Å². The summed E-state index contributed by atoms with van der Waals surface area (Å²) in [6.45, 7) is 4.78. The molecule has 2 aromatic carbocycles. The van der Waals surface area contributed by atoms with E-state index in [1.807, 2.05) is 24.3 Å². The zero-order chi connectivity index (χ0) is 15.1. The van der Waals surface area contributed by atoms with E-state index in [1.165, 1.54) is 16.7 Å². The van der Waals surface area contributed by atoms with E-state index in [0.29, 0.717) is 18.9 Å². The van der Waals surface area contributed by atoms with Crippen molar-refractivity contribution in [1.82, 2.24) is 0 Å². The summed E-state index contributed by atoms with van der Waals surface area (Å²) in [4.78, 5) is 0. The minimum atomic E-state index is 0.554. The molecule has 108 valence electrons. The van der Waals surface area contributed by atoms with Crippen molar-refractivity contribution in [1.29, 1.82) is 0 Å².